The molecule has 0 bridgehead atoms. The zero-order chi connectivity index (χ0) is 22.0. The second-order valence-corrected chi connectivity index (χ2v) is 9.57. The van der Waals surface area contributed by atoms with Gasteiger partial charge in [-0.1, -0.05) is 6.07 Å². The van der Waals surface area contributed by atoms with Gasteiger partial charge in [0, 0.05) is 42.0 Å². The van der Waals surface area contributed by atoms with Crippen molar-refractivity contribution in [3.05, 3.63) is 71.5 Å². The molecule has 0 saturated heterocycles. The summed E-state index contributed by atoms with van der Waals surface area (Å²) in [4.78, 5) is 12.8. The molecule has 0 aliphatic carbocycles. The van der Waals surface area contributed by atoms with Crippen molar-refractivity contribution in [3.63, 3.8) is 0 Å². The fourth-order valence-corrected chi connectivity index (χ4v) is 4.91. The summed E-state index contributed by atoms with van der Waals surface area (Å²) < 4.78 is 33.3. The van der Waals surface area contributed by atoms with Gasteiger partial charge in [-0.05, 0) is 56.3 Å². The Balaban J connectivity index is 1.49. The third-order valence-corrected chi connectivity index (χ3v) is 6.82. The minimum atomic E-state index is -3.73. The summed E-state index contributed by atoms with van der Waals surface area (Å²) in [5, 5.41) is 9.67. The number of rotatable bonds is 6. The normalized spacial score (nSPS) is 14.3. The summed E-state index contributed by atoms with van der Waals surface area (Å²) in [5.74, 6) is 0.328. The third-order valence-electron chi connectivity index (χ3n) is 4.98. The van der Waals surface area contributed by atoms with Crippen LogP contribution in [0.1, 0.15) is 35.5 Å². The highest BCUT2D eigenvalue weighted by molar-refractivity contribution is 7.89. The van der Waals surface area contributed by atoms with E-state index in [9.17, 15) is 13.2 Å². The van der Waals surface area contributed by atoms with E-state index in [1.807, 2.05) is 13.8 Å². The Morgan fingerprint density at radius 2 is 1.97 bits per heavy atom. The molecule has 3 aromatic rings. The minimum absolute atomic E-state index is 0.0603. The van der Waals surface area contributed by atoms with Gasteiger partial charge < -0.3 is 10.1 Å². The lowest BCUT2D eigenvalue weighted by atomic mass is 10.1. The van der Waals surface area contributed by atoms with Crippen LogP contribution in [0.5, 0.6) is 5.75 Å². The van der Waals surface area contributed by atoms with E-state index >= 15 is 0 Å². The molecule has 0 fully saturated rings. The number of hydrogen-bond acceptors (Lipinski definition) is 5. The number of carbonyl (C=O) groups is 1. The van der Waals surface area contributed by atoms with Crippen molar-refractivity contribution in [2.45, 2.75) is 37.8 Å². The molecule has 1 aromatic heterocycles. The maximum Gasteiger partial charge on any atom is 0.255 e. The molecular formula is C22H24N4O4S. The van der Waals surface area contributed by atoms with Crippen LogP contribution in [-0.4, -0.2) is 41.5 Å². The van der Waals surface area contributed by atoms with Crippen LogP contribution in [0.3, 0.4) is 0 Å². The smallest absolute Gasteiger partial charge is 0.255 e. The number of H-pyrrole nitrogens is 1. The van der Waals surface area contributed by atoms with Crippen LogP contribution < -0.4 is 10.1 Å². The number of anilines is 1. The van der Waals surface area contributed by atoms with Crippen LogP contribution in [0.25, 0.3) is 0 Å². The van der Waals surface area contributed by atoms with Crippen LogP contribution in [0.4, 0.5) is 5.69 Å². The number of ether oxygens (including phenoxy) is 1. The third kappa shape index (κ3) is 4.62. The Bertz CT molecular complexity index is 1190. The number of carbonyl (C=O) groups excluding carboxylic acids is 1. The highest BCUT2D eigenvalue weighted by Gasteiger charge is 2.29. The van der Waals surface area contributed by atoms with E-state index in [1.54, 1.807) is 42.6 Å². The first kappa shape index (κ1) is 21.1. The molecule has 1 amide bonds. The number of aromatic nitrogens is 2. The van der Waals surface area contributed by atoms with E-state index in [-0.39, 0.29) is 29.0 Å². The van der Waals surface area contributed by atoms with Gasteiger partial charge in [0.25, 0.3) is 5.91 Å². The fraction of sp³-hybridized carbons (Fsp3) is 0.273. The maximum absolute atomic E-state index is 13.1. The molecule has 9 heteroatoms. The van der Waals surface area contributed by atoms with Crippen molar-refractivity contribution in [2.75, 3.05) is 11.9 Å². The standard InChI is InChI=1S/C22H24N4O4S/c1-15(2)30-19-8-6-18(7-9-19)24-22(27)16-4-3-5-20(12-16)31(28,29)26-11-10-21-17(14-26)13-23-25-21/h3-9,12-13,15H,10-11,14H2,1-2H3,(H,23,25)(H,24,27). The van der Waals surface area contributed by atoms with E-state index in [1.165, 1.54) is 16.4 Å². The Labute approximate surface area is 181 Å². The quantitative estimate of drug-likeness (QED) is 0.613. The molecule has 4 rings (SSSR count). The van der Waals surface area contributed by atoms with Crippen LogP contribution in [0, 0.1) is 0 Å². The number of amides is 1. The molecule has 8 nitrogen and oxygen atoms in total. The highest BCUT2D eigenvalue weighted by Crippen LogP contribution is 2.25. The topological polar surface area (TPSA) is 104 Å². The average Bonchev–Trinajstić information content (AvgIpc) is 3.23. The van der Waals surface area contributed by atoms with Gasteiger partial charge in [-0.2, -0.15) is 9.40 Å². The summed E-state index contributed by atoms with van der Waals surface area (Å²) in [5.41, 5.74) is 2.69. The van der Waals surface area contributed by atoms with Crippen molar-refractivity contribution in [2.24, 2.45) is 0 Å². The van der Waals surface area contributed by atoms with E-state index in [0.717, 1.165) is 11.3 Å². The van der Waals surface area contributed by atoms with Gasteiger partial charge in [-0.15, -0.1) is 0 Å². The van der Waals surface area contributed by atoms with Crippen molar-refractivity contribution >= 4 is 21.6 Å². The molecule has 1 aliphatic heterocycles. The van der Waals surface area contributed by atoms with Crippen LogP contribution >= 0.6 is 0 Å². The number of sulfonamides is 1. The van der Waals surface area contributed by atoms with E-state index in [4.69, 9.17) is 4.74 Å². The molecule has 2 N–H and O–H groups in total. The SMILES string of the molecule is CC(C)Oc1ccc(NC(=O)c2cccc(S(=O)(=O)N3CCc4[nH]ncc4C3)c2)cc1. The van der Waals surface area contributed by atoms with Crippen molar-refractivity contribution in [1.29, 1.82) is 0 Å². The molecule has 1 aliphatic rings. The summed E-state index contributed by atoms with van der Waals surface area (Å²) in [6.45, 7) is 4.50. The predicted octanol–water partition coefficient (Wildman–Crippen LogP) is 3.20. The zero-order valence-electron chi connectivity index (χ0n) is 17.3. The summed E-state index contributed by atoms with van der Waals surface area (Å²) in [6.07, 6.45) is 2.29. The Hall–Kier alpha value is -3.17. The van der Waals surface area contributed by atoms with Crippen molar-refractivity contribution in [3.8, 4) is 5.75 Å². The lowest BCUT2D eigenvalue weighted by Gasteiger charge is -2.25. The first-order valence-corrected chi connectivity index (χ1v) is 11.5. The molecule has 162 valence electrons. The largest absolute Gasteiger partial charge is 0.491 e. The Morgan fingerprint density at radius 3 is 2.71 bits per heavy atom. The molecular weight excluding hydrogens is 416 g/mol. The maximum atomic E-state index is 13.1. The van der Waals surface area contributed by atoms with Gasteiger partial charge in [0.2, 0.25) is 10.0 Å². The Morgan fingerprint density at radius 1 is 1.19 bits per heavy atom. The summed E-state index contributed by atoms with van der Waals surface area (Å²) >= 11 is 0. The second kappa shape index (κ2) is 8.52. The lowest BCUT2D eigenvalue weighted by molar-refractivity contribution is 0.102. The molecule has 0 spiro atoms. The zero-order valence-corrected chi connectivity index (χ0v) is 18.1. The number of benzene rings is 2. The van der Waals surface area contributed by atoms with Gasteiger partial charge in [0.05, 0.1) is 17.2 Å². The van der Waals surface area contributed by atoms with E-state index < -0.39 is 10.0 Å². The highest BCUT2D eigenvalue weighted by atomic mass is 32.2. The first-order chi connectivity index (χ1) is 14.8. The number of nitrogens with zero attached hydrogens (tertiary/aromatic N) is 2. The second-order valence-electron chi connectivity index (χ2n) is 7.64. The van der Waals surface area contributed by atoms with Crippen LogP contribution in [0.15, 0.2) is 59.6 Å². The van der Waals surface area contributed by atoms with Crippen molar-refractivity contribution < 1.29 is 17.9 Å². The number of aromatic amines is 1. The molecule has 0 atom stereocenters. The number of nitrogens with one attached hydrogen (secondary N) is 2. The van der Waals surface area contributed by atoms with E-state index in [2.05, 4.69) is 15.5 Å². The van der Waals surface area contributed by atoms with Crippen LogP contribution in [0.2, 0.25) is 0 Å². The first-order valence-electron chi connectivity index (χ1n) is 10.0. The number of hydrogen-bond donors (Lipinski definition) is 2. The molecule has 0 unspecified atom stereocenters. The fourth-order valence-electron chi connectivity index (χ4n) is 3.44. The van der Waals surface area contributed by atoms with Gasteiger partial charge >= 0.3 is 0 Å². The van der Waals surface area contributed by atoms with Gasteiger partial charge in [0.1, 0.15) is 5.75 Å². The molecule has 2 aromatic carbocycles. The average molecular weight is 441 g/mol. The van der Waals surface area contributed by atoms with Gasteiger partial charge in [0.15, 0.2) is 0 Å². The van der Waals surface area contributed by atoms with E-state index in [0.29, 0.717) is 24.4 Å². The molecule has 31 heavy (non-hydrogen) atoms. The lowest BCUT2D eigenvalue weighted by Crippen LogP contribution is -2.35. The molecule has 2 heterocycles. The minimum Gasteiger partial charge on any atom is -0.491 e. The monoisotopic (exact) mass is 440 g/mol. The molecule has 0 radical (unpaired) electrons. The van der Waals surface area contributed by atoms with Crippen LogP contribution in [-0.2, 0) is 23.0 Å². The van der Waals surface area contributed by atoms with Crippen molar-refractivity contribution in [1.82, 2.24) is 14.5 Å². The summed E-state index contributed by atoms with van der Waals surface area (Å²) in [6, 6.07) is 13.1. The van der Waals surface area contributed by atoms with Gasteiger partial charge in [-0.3, -0.25) is 9.89 Å². The van der Waals surface area contributed by atoms with Gasteiger partial charge in [-0.25, -0.2) is 8.42 Å². The Kier molecular flexibility index (Phi) is 5.79. The summed E-state index contributed by atoms with van der Waals surface area (Å²) in [7, 11) is -3.73. The molecule has 0 saturated carbocycles. The number of fused-ring (bicyclic) bond motifs is 1. The predicted molar refractivity (Wildman–Crippen MR) is 116 cm³/mol.